The normalized spacial score (nSPS) is 20.5. The van der Waals surface area contributed by atoms with Gasteiger partial charge in [0.2, 0.25) is 0 Å². The number of rotatable bonds is 2. The summed E-state index contributed by atoms with van der Waals surface area (Å²) >= 11 is 7.40. The van der Waals surface area contributed by atoms with Crippen molar-refractivity contribution in [2.75, 3.05) is 13.1 Å². The van der Waals surface area contributed by atoms with Gasteiger partial charge in [-0.1, -0.05) is 11.6 Å². The van der Waals surface area contributed by atoms with Crippen LogP contribution in [0.25, 0.3) is 0 Å². The molecule has 1 saturated heterocycles. The van der Waals surface area contributed by atoms with E-state index in [9.17, 15) is 0 Å². The second-order valence-electron chi connectivity index (χ2n) is 3.09. The van der Waals surface area contributed by atoms with Crippen LogP contribution in [0.3, 0.4) is 0 Å². The molecule has 12 heavy (non-hydrogen) atoms. The first-order chi connectivity index (χ1) is 5.77. The molecule has 66 valence electrons. The van der Waals surface area contributed by atoms with Gasteiger partial charge in [-0.15, -0.1) is 11.3 Å². The van der Waals surface area contributed by atoms with Crippen LogP contribution in [-0.2, 0) is 0 Å². The lowest BCUT2D eigenvalue weighted by atomic mass is 9.94. The van der Waals surface area contributed by atoms with Crippen molar-refractivity contribution < 1.29 is 0 Å². The maximum atomic E-state index is 6.03. The van der Waals surface area contributed by atoms with Crippen LogP contribution < -0.4 is 11.1 Å². The van der Waals surface area contributed by atoms with Crippen LogP contribution in [-0.4, -0.2) is 13.1 Å². The summed E-state index contributed by atoms with van der Waals surface area (Å²) in [4.78, 5) is 1.20. The van der Waals surface area contributed by atoms with Crippen molar-refractivity contribution in [3.05, 3.63) is 21.3 Å². The summed E-state index contributed by atoms with van der Waals surface area (Å²) in [5, 5.41) is 3.21. The predicted molar refractivity (Wildman–Crippen MR) is 52.6 cm³/mol. The van der Waals surface area contributed by atoms with Gasteiger partial charge in [0.25, 0.3) is 0 Å². The van der Waals surface area contributed by atoms with E-state index in [1.807, 2.05) is 12.1 Å². The van der Waals surface area contributed by atoms with Crippen LogP contribution in [0.4, 0.5) is 0 Å². The molecule has 2 nitrogen and oxygen atoms in total. The van der Waals surface area contributed by atoms with Crippen molar-refractivity contribution in [2.24, 2.45) is 11.7 Å². The topological polar surface area (TPSA) is 38.0 Å². The third-order valence-electron chi connectivity index (χ3n) is 2.24. The second kappa shape index (κ2) is 3.34. The van der Waals surface area contributed by atoms with E-state index in [-0.39, 0.29) is 6.04 Å². The maximum Gasteiger partial charge on any atom is 0.0931 e. The Hall–Kier alpha value is -0.0900. The first-order valence-electron chi connectivity index (χ1n) is 3.99. The highest BCUT2D eigenvalue weighted by molar-refractivity contribution is 7.16. The lowest BCUT2D eigenvalue weighted by Crippen LogP contribution is -2.47. The first-order valence-corrected chi connectivity index (χ1v) is 5.18. The number of hydrogen-bond donors (Lipinski definition) is 2. The minimum Gasteiger partial charge on any atom is -0.323 e. The van der Waals surface area contributed by atoms with E-state index in [4.69, 9.17) is 17.3 Å². The number of nitrogens with one attached hydrogen (secondary N) is 1. The Balaban J connectivity index is 2.08. The molecule has 0 aromatic carbocycles. The van der Waals surface area contributed by atoms with Gasteiger partial charge in [0, 0.05) is 29.9 Å². The van der Waals surface area contributed by atoms with E-state index in [0.717, 1.165) is 17.4 Å². The maximum absolute atomic E-state index is 6.03. The molecule has 2 heterocycles. The van der Waals surface area contributed by atoms with Crippen LogP contribution in [0.15, 0.2) is 12.1 Å². The highest BCUT2D eigenvalue weighted by atomic mass is 35.5. The van der Waals surface area contributed by atoms with Gasteiger partial charge in [-0.2, -0.15) is 0 Å². The summed E-state index contributed by atoms with van der Waals surface area (Å²) in [7, 11) is 0. The van der Waals surface area contributed by atoms with Crippen LogP contribution in [0.2, 0.25) is 4.34 Å². The second-order valence-corrected chi connectivity index (χ2v) is 4.83. The van der Waals surface area contributed by atoms with Gasteiger partial charge in [0.05, 0.1) is 4.34 Å². The molecule has 1 atom stereocenters. The van der Waals surface area contributed by atoms with E-state index in [0.29, 0.717) is 5.92 Å². The van der Waals surface area contributed by atoms with Gasteiger partial charge in [-0.25, -0.2) is 0 Å². The molecule has 1 aliphatic heterocycles. The summed E-state index contributed by atoms with van der Waals surface area (Å²) in [6, 6.07) is 4.10. The van der Waals surface area contributed by atoms with E-state index >= 15 is 0 Å². The molecule has 1 aromatic rings. The average Bonchev–Trinajstić information content (AvgIpc) is 2.31. The SMILES string of the molecule is NC(c1ccc(Cl)s1)C1CNC1. The molecule has 0 aliphatic carbocycles. The molecule has 1 aromatic heterocycles. The molecule has 0 amide bonds. The average molecular weight is 203 g/mol. The Morgan fingerprint density at radius 2 is 2.33 bits per heavy atom. The Bertz CT molecular complexity index is 270. The molecule has 2 rings (SSSR count). The van der Waals surface area contributed by atoms with Crippen molar-refractivity contribution in [1.29, 1.82) is 0 Å². The minimum atomic E-state index is 0.170. The third-order valence-corrected chi connectivity index (χ3v) is 3.58. The van der Waals surface area contributed by atoms with Crippen molar-refractivity contribution in [2.45, 2.75) is 6.04 Å². The Morgan fingerprint density at radius 1 is 1.58 bits per heavy atom. The fraction of sp³-hybridized carbons (Fsp3) is 0.500. The van der Waals surface area contributed by atoms with Gasteiger partial charge in [0.15, 0.2) is 0 Å². The smallest absolute Gasteiger partial charge is 0.0931 e. The molecule has 1 unspecified atom stereocenters. The largest absolute Gasteiger partial charge is 0.323 e. The fourth-order valence-electron chi connectivity index (χ4n) is 1.30. The van der Waals surface area contributed by atoms with Crippen LogP contribution in [0.5, 0.6) is 0 Å². The van der Waals surface area contributed by atoms with Crippen molar-refractivity contribution in [3.8, 4) is 0 Å². The van der Waals surface area contributed by atoms with E-state index in [2.05, 4.69) is 5.32 Å². The van der Waals surface area contributed by atoms with Crippen molar-refractivity contribution in [3.63, 3.8) is 0 Å². The quantitative estimate of drug-likeness (QED) is 0.765. The highest BCUT2D eigenvalue weighted by Crippen LogP contribution is 2.30. The zero-order valence-corrected chi connectivity index (χ0v) is 8.16. The van der Waals surface area contributed by atoms with Gasteiger partial charge in [-0.05, 0) is 12.1 Å². The molecule has 0 bridgehead atoms. The van der Waals surface area contributed by atoms with Crippen LogP contribution in [0.1, 0.15) is 10.9 Å². The molecule has 0 spiro atoms. The first kappa shape index (κ1) is 8.51. The number of nitrogens with two attached hydrogens (primary N) is 1. The van der Waals surface area contributed by atoms with Gasteiger partial charge >= 0.3 is 0 Å². The number of hydrogen-bond acceptors (Lipinski definition) is 3. The molecule has 0 radical (unpaired) electrons. The van der Waals surface area contributed by atoms with E-state index in [1.165, 1.54) is 4.88 Å². The summed E-state index contributed by atoms with van der Waals surface area (Å²) in [5.74, 6) is 0.597. The Labute approximate surface area is 80.7 Å². The molecule has 1 fully saturated rings. The predicted octanol–water partition coefficient (Wildman–Crippen LogP) is 1.62. The van der Waals surface area contributed by atoms with E-state index in [1.54, 1.807) is 11.3 Å². The van der Waals surface area contributed by atoms with Gasteiger partial charge in [0.1, 0.15) is 0 Å². The summed E-state index contributed by atoms with van der Waals surface area (Å²) in [5.41, 5.74) is 6.03. The third kappa shape index (κ3) is 1.50. The molecular formula is C8H11ClN2S. The molecule has 3 N–H and O–H groups in total. The lowest BCUT2D eigenvalue weighted by Gasteiger charge is -2.31. The minimum absolute atomic E-state index is 0.170. The molecule has 1 aliphatic rings. The van der Waals surface area contributed by atoms with Crippen LogP contribution in [0, 0.1) is 5.92 Å². The molecule has 0 saturated carbocycles. The fourth-order valence-corrected chi connectivity index (χ4v) is 2.46. The van der Waals surface area contributed by atoms with Crippen LogP contribution >= 0.6 is 22.9 Å². The van der Waals surface area contributed by atoms with Gasteiger partial charge in [-0.3, -0.25) is 0 Å². The standard InChI is InChI=1S/C8H11ClN2S/c9-7-2-1-6(12-7)8(10)5-3-11-4-5/h1-2,5,8,11H,3-4,10H2. The number of thiophene rings is 1. The zero-order valence-electron chi connectivity index (χ0n) is 6.59. The lowest BCUT2D eigenvalue weighted by molar-refractivity contribution is 0.297. The van der Waals surface area contributed by atoms with Crippen molar-refractivity contribution in [1.82, 2.24) is 5.32 Å². The number of halogens is 1. The summed E-state index contributed by atoms with van der Waals surface area (Å²) in [6.07, 6.45) is 0. The van der Waals surface area contributed by atoms with E-state index < -0.39 is 0 Å². The molecule has 4 heteroatoms. The monoisotopic (exact) mass is 202 g/mol. The zero-order chi connectivity index (χ0) is 8.55. The summed E-state index contributed by atoms with van der Waals surface area (Å²) in [6.45, 7) is 2.08. The highest BCUT2D eigenvalue weighted by Gasteiger charge is 2.25. The van der Waals surface area contributed by atoms with Gasteiger partial charge < -0.3 is 11.1 Å². The van der Waals surface area contributed by atoms with Crippen molar-refractivity contribution >= 4 is 22.9 Å². The summed E-state index contributed by atoms with van der Waals surface area (Å²) < 4.78 is 0.827. The molecular weight excluding hydrogens is 192 g/mol. The Morgan fingerprint density at radius 3 is 2.75 bits per heavy atom. The Kier molecular flexibility index (Phi) is 2.37.